The average molecular weight is 471 g/mol. The van der Waals surface area contributed by atoms with Crippen molar-refractivity contribution in [3.8, 4) is 16.3 Å². The molecule has 3 heterocycles. The van der Waals surface area contributed by atoms with Crippen LogP contribution in [0.25, 0.3) is 11.3 Å². The highest BCUT2D eigenvalue weighted by molar-refractivity contribution is 7.08. The van der Waals surface area contributed by atoms with Crippen LogP contribution >= 0.6 is 23.9 Å². The zero-order valence-corrected chi connectivity index (χ0v) is 17.7. The number of nitrogens with zero attached hydrogens (tertiary/aromatic N) is 2. The molecule has 1 aliphatic rings. The number of rotatable bonds is 5. The van der Waals surface area contributed by atoms with Gasteiger partial charge in [0, 0.05) is 11.5 Å². The minimum absolute atomic E-state index is 0. The molecule has 6 nitrogen and oxygen atoms in total. The standard InChI is InChI=1S/C20H17F3N4O2S.ClH/c21-12-2-1-3-13(22)17(12)18-14(23)4-5-15(26-18)19(28)27-16-10-25-30-20(16)29-11-6-8-24-9-7-11;/h1-5,10-11,24H,6-9H2,(H,27,28);1H. The average Bonchev–Trinajstić information content (AvgIpc) is 3.16. The summed E-state index contributed by atoms with van der Waals surface area (Å²) in [5.74, 6) is -3.57. The number of carbonyl (C=O) groups excluding carboxylic acids is 1. The Morgan fingerprint density at radius 3 is 2.52 bits per heavy atom. The molecule has 0 unspecified atom stereocenters. The van der Waals surface area contributed by atoms with E-state index in [4.69, 9.17) is 4.74 Å². The van der Waals surface area contributed by atoms with E-state index in [0.717, 1.165) is 67.8 Å². The molecule has 1 aliphatic heterocycles. The first-order valence-electron chi connectivity index (χ1n) is 9.27. The molecular formula is C20H18ClF3N4O2S. The predicted octanol–water partition coefficient (Wildman–Crippen LogP) is 4.43. The number of carbonyl (C=O) groups is 1. The number of piperidine rings is 1. The normalized spacial score (nSPS) is 14.0. The number of anilines is 1. The summed E-state index contributed by atoms with van der Waals surface area (Å²) in [6.07, 6.45) is 3.13. The second-order valence-electron chi connectivity index (χ2n) is 6.67. The van der Waals surface area contributed by atoms with Crippen molar-refractivity contribution in [1.82, 2.24) is 14.7 Å². The van der Waals surface area contributed by atoms with E-state index < -0.39 is 34.6 Å². The van der Waals surface area contributed by atoms with Gasteiger partial charge < -0.3 is 15.4 Å². The maximum atomic E-state index is 14.2. The molecule has 1 aromatic carbocycles. The van der Waals surface area contributed by atoms with Crippen molar-refractivity contribution in [2.75, 3.05) is 18.4 Å². The number of pyridine rings is 1. The van der Waals surface area contributed by atoms with E-state index in [2.05, 4.69) is 20.0 Å². The Hall–Kier alpha value is -2.69. The van der Waals surface area contributed by atoms with Gasteiger partial charge in [0.25, 0.3) is 5.91 Å². The number of benzene rings is 1. The SMILES string of the molecule is Cl.O=C(Nc1cnsc1OC1CCNCC1)c1ccc(F)c(-c2c(F)cccc2F)n1. The quantitative estimate of drug-likeness (QED) is 0.577. The van der Waals surface area contributed by atoms with Crippen molar-refractivity contribution in [1.29, 1.82) is 0 Å². The second-order valence-corrected chi connectivity index (χ2v) is 7.44. The molecule has 0 aliphatic carbocycles. The summed E-state index contributed by atoms with van der Waals surface area (Å²) in [5, 5.41) is 6.32. The molecule has 11 heteroatoms. The van der Waals surface area contributed by atoms with Crippen LogP contribution in [-0.4, -0.2) is 34.5 Å². The maximum absolute atomic E-state index is 14.2. The topological polar surface area (TPSA) is 76.1 Å². The van der Waals surface area contributed by atoms with Crippen LogP contribution in [0.4, 0.5) is 18.9 Å². The lowest BCUT2D eigenvalue weighted by Crippen LogP contribution is -2.34. The Kier molecular flexibility index (Phi) is 7.47. The van der Waals surface area contributed by atoms with Gasteiger partial charge in [0.15, 0.2) is 0 Å². The summed E-state index contributed by atoms with van der Waals surface area (Å²) in [6, 6.07) is 5.24. The molecular weight excluding hydrogens is 453 g/mol. The smallest absolute Gasteiger partial charge is 0.274 e. The molecule has 164 valence electrons. The molecule has 0 saturated carbocycles. The number of ether oxygens (including phenoxy) is 1. The summed E-state index contributed by atoms with van der Waals surface area (Å²) in [6.45, 7) is 1.69. The third kappa shape index (κ3) is 5.15. The van der Waals surface area contributed by atoms with E-state index in [1.165, 1.54) is 6.20 Å². The third-order valence-electron chi connectivity index (χ3n) is 4.62. The van der Waals surface area contributed by atoms with E-state index in [1.807, 2.05) is 0 Å². The molecule has 1 saturated heterocycles. The molecule has 3 aromatic rings. The zero-order valence-electron chi connectivity index (χ0n) is 16.0. The van der Waals surface area contributed by atoms with Gasteiger partial charge in [-0.2, -0.15) is 4.37 Å². The second kappa shape index (κ2) is 10.1. The van der Waals surface area contributed by atoms with Gasteiger partial charge in [-0.15, -0.1) is 12.4 Å². The predicted molar refractivity (Wildman–Crippen MR) is 113 cm³/mol. The van der Waals surface area contributed by atoms with E-state index in [-0.39, 0.29) is 24.2 Å². The van der Waals surface area contributed by atoms with Crippen LogP contribution in [-0.2, 0) is 0 Å². The number of hydrogen-bond donors (Lipinski definition) is 2. The maximum Gasteiger partial charge on any atom is 0.274 e. The third-order valence-corrected chi connectivity index (χ3v) is 5.32. The lowest BCUT2D eigenvalue weighted by Gasteiger charge is -2.23. The fourth-order valence-electron chi connectivity index (χ4n) is 3.12. The highest BCUT2D eigenvalue weighted by atomic mass is 35.5. The van der Waals surface area contributed by atoms with Crippen molar-refractivity contribution in [3.63, 3.8) is 0 Å². The fraction of sp³-hybridized carbons (Fsp3) is 0.250. The summed E-state index contributed by atoms with van der Waals surface area (Å²) in [7, 11) is 0. The summed E-state index contributed by atoms with van der Waals surface area (Å²) in [5.41, 5.74) is -1.05. The first-order chi connectivity index (χ1) is 14.5. The molecule has 31 heavy (non-hydrogen) atoms. The Morgan fingerprint density at radius 2 is 1.81 bits per heavy atom. The molecule has 1 fully saturated rings. The summed E-state index contributed by atoms with van der Waals surface area (Å²) >= 11 is 1.10. The zero-order chi connectivity index (χ0) is 21.1. The summed E-state index contributed by atoms with van der Waals surface area (Å²) in [4.78, 5) is 16.5. The van der Waals surface area contributed by atoms with E-state index in [9.17, 15) is 18.0 Å². The Morgan fingerprint density at radius 1 is 1.10 bits per heavy atom. The van der Waals surface area contributed by atoms with Gasteiger partial charge in [-0.1, -0.05) is 6.07 Å². The Labute approximate surface area is 186 Å². The Bertz CT molecular complexity index is 1060. The highest BCUT2D eigenvalue weighted by Crippen LogP contribution is 2.32. The molecule has 0 radical (unpaired) electrons. The molecule has 1 amide bonds. The molecule has 4 rings (SSSR count). The van der Waals surface area contributed by atoms with E-state index >= 15 is 0 Å². The van der Waals surface area contributed by atoms with Gasteiger partial charge in [-0.05, 0) is 50.2 Å². The van der Waals surface area contributed by atoms with Crippen molar-refractivity contribution >= 4 is 35.5 Å². The minimum Gasteiger partial charge on any atom is -0.478 e. The van der Waals surface area contributed by atoms with Gasteiger partial charge in [0.1, 0.15) is 40.6 Å². The largest absolute Gasteiger partial charge is 0.478 e. The highest BCUT2D eigenvalue weighted by Gasteiger charge is 2.22. The number of halogens is 4. The van der Waals surface area contributed by atoms with Gasteiger partial charge in [-0.3, -0.25) is 4.79 Å². The lowest BCUT2D eigenvalue weighted by atomic mass is 10.1. The molecule has 0 atom stereocenters. The van der Waals surface area contributed by atoms with Gasteiger partial charge in [0.2, 0.25) is 5.06 Å². The molecule has 2 aromatic heterocycles. The van der Waals surface area contributed by atoms with E-state index in [0.29, 0.717) is 10.8 Å². The monoisotopic (exact) mass is 470 g/mol. The van der Waals surface area contributed by atoms with Crippen LogP contribution in [0, 0.1) is 17.5 Å². The van der Waals surface area contributed by atoms with Crippen LogP contribution < -0.4 is 15.4 Å². The molecule has 0 bridgehead atoms. The Balaban J connectivity index is 0.00000272. The summed E-state index contributed by atoms with van der Waals surface area (Å²) < 4.78 is 52.3. The first-order valence-corrected chi connectivity index (χ1v) is 10.0. The van der Waals surface area contributed by atoms with Gasteiger partial charge in [0.05, 0.1) is 11.8 Å². The number of nitrogens with one attached hydrogen (secondary N) is 2. The van der Waals surface area contributed by atoms with E-state index in [1.54, 1.807) is 0 Å². The first kappa shape index (κ1) is 23.0. The number of hydrogen-bond acceptors (Lipinski definition) is 6. The van der Waals surface area contributed by atoms with Gasteiger partial charge >= 0.3 is 0 Å². The number of aromatic nitrogens is 2. The van der Waals surface area contributed by atoms with Crippen LogP contribution in [0.1, 0.15) is 23.3 Å². The van der Waals surface area contributed by atoms with Crippen molar-refractivity contribution in [2.45, 2.75) is 18.9 Å². The van der Waals surface area contributed by atoms with Crippen molar-refractivity contribution in [2.24, 2.45) is 0 Å². The van der Waals surface area contributed by atoms with Crippen LogP contribution in [0.3, 0.4) is 0 Å². The lowest BCUT2D eigenvalue weighted by molar-refractivity contribution is 0.102. The number of amides is 1. The van der Waals surface area contributed by atoms with Crippen molar-refractivity contribution in [3.05, 3.63) is 59.7 Å². The van der Waals surface area contributed by atoms with Gasteiger partial charge in [-0.25, -0.2) is 18.2 Å². The minimum atomic E-state index is -0.973. The molecule has 2 N–H and O–H groups in total. The molecule has 0 spiro atoms. The van der Waals surface area contributed by atoms with Crippen LogP contribution in [0.2, 0.25) is 0 Å². The van der Waals surface area contributed by atoms with Crippen LogP contribution in [0.5, 0.6) is 5.06 Å². The fourth-order valence-corrected chi connectivity index (χ4v) is 3.75. The van der Waals surface area contributed by atoms with Crippen LogP contribution in [0.15, 0.2) is 36.5 Å². The van der Waals surface area contributed by atoms with Crippen molar-refractivity contribution < 1.29 is 22.7 Å².